The summed E-state index contributed by atoms with van der Waals surface area (Å²) < 4.78 is 5.29. The van der Waals surface area contributed by atoms with E-state index >= 15 is 0 Å². The molecule has 7 nitrogen and oxygen atoms in total. The molecular weight excluding hydrogens is 272 g/mol. The Morgan fingerprint density at radius 2 is 2.38 bits per heavy atom. The highest BCUT2D eigenvalue weighted by Gasteiger charge is 2.36. The van der Waals surface area contributed by atoms with Crippen molar-refractivity contribution in [3.63, 3.8) is 0 Å². The minimum absolute atomic E-state index is 0.104. The van der Waals surface area contributed by atoms with Crippen molar-refractivity contribution in [3.8, 4) is 0 Å². The normalized spacial score (nSPS) is 19.5. The minimum atomic E-state index is -0.673. The van der Waals surface area contributed by atoms with Gasteiger partial charge in [-0.15, -0.1) is 0 Å². The van der Waals surface area contributed by atoms with Crippen LogP contribution in [0.2, 0.25) is 0 Å². The number of carbonyl (C=O) groups excluding carboxylic acids is 2. The molecule has 2 heterocycles. The number of carbonyl (C=O) groups is 2. The van der Waals surface area contributed by atoms with Gasteiger partial charge in [0.25, 0.3) is 0 Å². The molecule has 0 aliphatic carbocycles. The number of hydrogen-bond donors (Lipinski definition) is 2. The van der Waals surface area contributed by atoms with Crippen LogP contribution >= 0.6 is 0 Å². The van der Waals surface area contributed by atoms with Crippen LogP contribution in [0.3, 0.4) is 0 Å². The lowest BCUT2D eigenvalue weighted by Crippen LogP contribution is -2.49. The van der Waals surface area contributed by atoms with Crippen LogP contribution in [-0.4, -0.2) is 34.6 Å². The second-order valence-electron chi connectivity index (χ2n) is 5.41. The minimum Gasteiger partial charge on any atom is -0.359 e. The Morgan fingerprint density at radius 1 is 1.62 bits per heavy atom. The molecule has 0 spiro atoms. The second kappa shape index (κ2) is 6.60. The number of primary amides is 1. The number of hydrogen-bond acceptors (Lipinski definition) is 4. The summed E-state index contributed by atoms with van der Waals surface area (Å²) in [7, 11) is 0. The van der Waals surface area contributed by atoms with Gasteiger partial charge in [-0.05, 0) is 26.2 Å². The predicted octanol–water partition coefficient (Wildman–Crippen LogP) is 1.48. The Labute approximate surface area is 123 Å². The van der Waals surface area contributed by atoms with E-state index in [4.69, 9.17) is 10.3 Å². The fourth-order valence-corrected chi connectivity index (χ4v) is 2.78. The number of amides is 3. The molecule has 1 fully saturated rings. The molecular formula is C14H22N4O3. The summed E-state index contributed by atoms with van der Waals surface area (Å²) in [5.74, 6) is 0.597. The first kappa shape index (κ1) is 15.3. The monoisotopic (exact) mass is 294 g/mol. The van der Waals surface area contributed by atoms with Crippen LogP contribution < -0.4 is 11.1 Å². The van der Waals surface area contributed by atoms with E-state index in [2.05, 4.69) is 10.5 Å². The molecule has 116 valence electrons. The van der Waals surface area contributed by atoms with E-state index in [9.17, 15) is 9.59 Å². The number of rotatable bonds is 5. The van der Waals surface area contributed by atoms with Gasteiger partial charge in [-0.2, -0.15) is 0 Å². The Hall–Kier alpha value is -2.05. The number of urea groups is 1. The lowest BCUT2D eigenvalue weighted by molar-refractivity contribution is -0.134. The summed E-state index contributed by atoms with van der Waals surface area (Å²) in [5, 5.41) is 6.42. The Morgan fingerprint density at radius 3 is 2.95 bits per heavy atom. The number of nitrogens with two attached hydrogens (primary N) is 1. The van der Waals surface area contributed by atoms with Crippen molar-refractivity contribution < 1.29 is 14.1 Å². The highest BCUT2D eigenvalue weighted by atomic mass is 16.5. The summed E-state index contributed by atoms with van der Waals surface area (Å²) >= 11 is 0. The maximum Gasteiger partial charge on any atom is 0.312 e. The molecule has 2 rings (SSSR count). The Bertz CT molecular complexity index is 514. The topological polar surface area (TPSA) is 101 Å². The van der Waals surface area contributed by atoms with Crippen molar-refractivity contribution in [3.05, 3.63) is 17.5 Å². The van der Waals surface area contributed by atoms with Gasteiger partial charge < -0.3 is 20.5 Å². The highest BCUT2D eigenvalue weighted by molar-refractivity contribution is 5.87. The number of nitrogens with one attached hydrogen (secondary N) is 1. The largest absolute Gasteiger partial charge is 0.359 e. The van der Waals surface area contributed by atoms with Crippen LogP contribution in [0.15, 0.2) is 10.6 Å². The van der Waals surface area contributed by atoms with E-state index in [0.717, 1.165) is 25.0 Å². The van der Waals surface area contributed by atoms with Gasteiger partial charge >= 0.3 is 6.03 Å². The fourth-order valence-electron chi connectivity index (χ4n) is 2.78. The molecule has 1 aromatic heterocycles. The molecule has 2 atom stereocenters. The smallest absolute Gasteiger partial charge is 0.312 e. The maximum atomic E-state index is 12.7. The zero-order valence-corrected chi connectivity index (χ0v) is 12.5. The average Bonchev–Trinajstić information content (AvgIpc) is 3.05. The highest BCUT2D eigenvalue weighted by Crippen LogP contribution is 2.32. The summed E-state index contributed by atoms with van der Waals surface area (Å²) in [5.41, 5.74) is 5.96. The molecule has 0 saturated carbocycles. The van der Waals surface area contributed by atoms with Crippen molar-refractivity contribution in [1.82, 2.24) is 15.4 Å². The molecule has 21 heavy (non-hydrogen) atoms. The quantitative estimate of drug-likeness (QED) is 0.858. The molecule has 3 N–H and O–H groups in total. The fraction of sp³-hybridized carbons (Fsp3) is 0.643. The molecule has 7 heteroatoms. The van der Waals surface area contributed by atoms with Crippen molar-refractivity contribution in [2.24, 2.45) is 5.73 Å². The van der Waals surface area contributed by atoms with E-state index in [0.29, 0.717) is 18.7 Å². The molecule has 1 aliphatic rings. The van der Waals surface area contributed by atoms with E-state index < -0.39 is 12.1 Å². The average molecular weight is 294 g/mol. The first-order chi connectivity index (χ1) is 10.0. The van der Waals surface area contributed by atoms with E-state index in [1.54, 1.807) is 4.90 Å². The zero-order valence-electron chi connectivity index (χ0n) is 12.5. The van der Waals surface area contributed by atoms with Gasteiger partial charge in [0.2, 0.25) is 5.91 Å². The van der Waals surface area contributed by atoms with Crippen molar-refractivity contribution >= 4 is 11.9 Å². The van der Waals surface area contributed by atoms with Crippen LogP contribution in [0.5, 0.6) is 0 Å². The first-order valence-electron chi connectivity index (χ1n) is 7.32. The third-order valence-electron chi connectivity index (χ3n) is 3.70. The van der Waals surface area contributed by atoms with E-state index in [1.807, 2.05) is 19.9 Å². The van der Waals surface area contributed by atoms with Crippen LogP contribution in [-0.2, 0) is 4.79 Å². The Balaban J connectivity index is 2.13. The number of aryl methyl sites for hydroxylation is 1. The van der Waals surface area contributed by atoms with Crippen LogP contribution in [0, 0.1) is 6.92 Å². The van der Waals surface area contributed by atoms with Gasteiger partial charge in [-0.25, -0.2) is 4.79 Å². The first-order valence-corrected chi connectivity index (χ1v) is 7.32. The van der Waals surface area contributed by atoms with Crippen LogP contribution in [0.4, 0.5) is 4.79 Å². The number of likely N-dealkylation sites (tertiary alicyclic amines) is 1. The number of aromatic nitrogens is 1. The van der Waals surface area contributed by atoms with Gasteiger partial charge in [-0.3, -0.25) is 4.79 Å². The van der Waals surface area contributed by atoms with Gasteiger partial charge in [0, 0.05) is 12.6 Å². The summed E-state index contributed by atoms with van der Waals surface area (Å²) in [4.78, 5) is 25.5. The molecule has 0 bridgehead atoms. The molecule has 2 unspecified atom stereocenters. The molecule has 3 amide bonds. The zero-order chi connectivity index (χ0) is 15.4. The van der Waals surface area contributed by atoms with Gasteiger partial charge in [-0.1, -0.05) is 18.5 Å². The summed E-state index contributed by atoms with van der Waals surface area (Å²) in [6.07, 6.45) is 3.11. The lowest BCUT2D eigenvalue weighted by atomic mass is 10.1. The second-order valence-corrected chi connectivity index (χ2v) is 5.41. The lowest BCUT2D eigenvalue weighted by Gasteiger charge is -2.27. The summed E-state index contributed by atoms with van der Waals surface area (Å²) in [6, 6.07) is 0.505. The molecule has 1 aromatic rings. The van der Waals surface area contributed by atoms with Gasteiger partial charge in [0.15, 0.2) is 5.76 Å². The third-order valence-corrected chi connectivity index (χ3v) is 3.70. The van der Waals surface area contributed by atoms with Gasteiger partial charge in [0.05, 0.1) is 11.7 Å². The third kappa shape index (κ3) is 3.53. The predicted molar refractivity (Wildman–Crippen MR) is 76.3 cm³/mol. The van der Waals surface area contributed by atoms with Crippen LogP contribution in [0.25, 0.3) is 0 Å². The summed E-state index contributed by atoms with van der Waals surface area (Å²) in [6.45, 7) is 4.47. The SMILES string of the molecule is CCCC(NC(N)=O)C(=O)N1CCCC1c1cc(C)no1. The van der Waals surface area contributed by atoms with Crippen molar-refractivity contribution in [1.29, 1.82) is 0 Å². The van der Waals surface area contributed by atoms with Crippen LogP contribution in [0.1, 0.15) is 50.1 Å². The van der Waals surface area contributed by atoms with E-state index in [-0.39, 0.29) is 11.9 Å². The standard InChI is InChI=1S/C14H22N4O3/c1-3-5-10(16-14(15)20)13(19)18-7-4-6-11(18)12-8-9(2)17-21-12/h8,10-11H,3-7H2,1-2H3,(H3,15,16,20). The maximum absolute atomic E-state index is 12.7. The van der Waals surface area contributed by atoms with Crippen molar-refractivity contribution in [2.45, 2.75) is 51.6 Å². The molecule has 1 aliphatic heterocycles. The van der Waals surface area contributed by atoms with Gasteiger partial charge in [0.1, 0.15) is 6.04 Å². The Kier molecular flexibility index (Phi) is 4.82. The van der Waals surface area contributed by atoms with E-state index in [1.165, 1.54) is 0 Å². The molecule has 1 saturated heterocycles. The molecule has 0 radical (unpaired) electrons. The van der Waals surface area contributed by atoms with Crippen molar-refractivity contribution in [2.75, 3.05) is 6.54 Å². The molecule has 0 aromatic carbocycles. The number of nitrogens with zero attached hydrogens (tertiary/aromatic N) is 2.